The molecule has 2 aromatic carbocycles. The molecular weight excluding hydrogens is 694 g/mol. The summed E-state index contributed by atoms with van der Waals surface area (Å²) in [5.74, 6) is -2.51. The highest BCUT2D eigenvalue weighted by molar-refractivity contribution is 6.12. The fourth-order valence-corrected chi connectivity index (χ4v) is 5.03. The number of rotatable bonds is 20. The van der Waals surface area contributed by atoms with Crippen LogP contribution >= 0.6 is 0 Å². The number of non-ortho nitro benzene ring substituents is 1. The molecule has 0 aromatic heterocycles. The Morgan fingerprint density at radius 1 is 0.868 bits per heavy atom. The van der Waals surface area contributed by atoms with Crippen molar-refractivity contribution in [2.24, 2.45) is 11.7 Å². The van der Waals surface area contributed by atoms with Crippen molar-refractivity contribution in [3.63, 3.8) is 0 Å². The van der Waals surface area contributed by atoms with Crippen molar-refractivity contribution in [3.05, 3.63) is 76.4 Å². The molecule has 18 nitrogen and oxygen atoms in total. The molecule has 0 saturated heterocycles. The largest absolute Gasteiger partial charge is 0.514 e. The van der Waals surface area contributed by atoms with Crippen LogP contribution in [0.15, 0.2) is 60.7 Å². The molecule has 0 saturated carbocycles. The summed E-state index contributed by atoms with van der Waals surface area (Å²) in [6.07, 6.45) is 3.50. The van der Waals surface area contributed by atoms with Crippen molar-refractivity contribution in [2.45, 2.75) is 71.1 Å². The molecular formula is C35H43N7O11. The zero-order valence-electron chi connectivity index (χ0n) is 29.3. The first kappa shape index (κ1) is 41.1. The van der Waals surface area contributed by atoms with Crippen LogP contribution in [0.2, 0.25) is 0 Å². The molecule has 2 aromatic rings. The third-order valence-corrected chi connectivity index (χ3v) is 7.88. The average Bonchev–Trinajstić information content (AvgIpc) is 3.43. The van der Waals surface area contributed by atoms with Gasteiger partial charge >= 0.3 is 12.2 Å². The number of hydrogen-bond acceptors (Lipinski definition) is 11. The van der Waals surface area contributed by atoms with Crippen LogP contribution in [0.25, 0.3) is 0 Å². The molecule has 1 unspecified atom stereocenters. The van der Waals surface area contributed by atoms with E-state index in [0.29, 0.717) is 30.5 Å². The second-order valence-corrected chi connectivity index (χ2v) is 12.3. The maximum atomic E-state index is 13.4. The Balaban J connectivity index is 1.52. The number of carbonyl (C=O) groups excluding carboxylic acids is 7. The fourth-order valence-electron chi connectivity index (χ4n) is 5.03. The van der Waals surface area contributed by atoms with E-state index in [-0.39, 0.29) is 74.0 Å². The zero-order valence-corrected chi connectivity index (χ0v) is 29.3. The molecule has 1 aliphatic rings. The van der Waals surface area contributed by atoms with Gasteiger partial charge in [0.05, 0.1) is 4.92 Å². The van der Waals surface area contributed by atoms with Crippen LogP contribution in [-0.4, -0.2) is 76.7 Å². The number of carbonyl (C=O) groups is 7. The molecule has 3 rings (SSSR count). The molecule has 284 valence electrons. The van der Waals surface area contributed by atoms with E-state index in [4.69, 9.17) is 15.2 Å². The number of benzene rings is 2. The lowest BCUT2D eigenvalue weighted by atomic mass is 10.0. The maximum absolute atomic E-state index is 13.4. The summed E-state index contributed by atoms with van der Waals surface area (Å²) >= 11 is 0. The molecule has 0 spiro atoms. The highest BCUT2D eigenvalue weighted by atomic mass is 16.7. The number of nitro groups is 1. The lowest BCUT2D eigenvalue weighted by molar-refractivity contribution is -0.384. The number of primary amides is 1. The van der Waals surface area contributed by atoms with Gasteiger partial charge in [-0.05, 0) is 61.4 Å². The van der Waals surface area contributed by atoms with Crippen LogP contribution in [0.1, 0.15) is 57.9 Å². The van der Waals surface area contributed by atoms with Gasteiger partial charge in [-0.25, -0.2) is 9.59 Å². The van der Waals surface area contributed by atoms with Gasteiger partial charge in [-0.2, -0.15) is 0 Å². The van der Waals surface area contributed by atoms with Crippen LogP contribution in [0.5, 0.6) is 5.75 Å². The monoisotopic (exact) mass is 737 g/mol. The van der Waals surface area contributed by atoms with Gasteiger partial charge in [-0.15, -0.1) is 0 Å². The van der Waals surface area contributed by atoms with Gasteiger partial charge in [-0.1, -0.05) is 32.4 Å². The number of nitrogens with one attached hydrogen (secondary N) is 4. The lowest BCUT2D eigenvalue weighted by Gasteiger charge is -2.25. The minimum absolute atomic E-state index is 0.0608. The number of imide groups is 1. The summed E-state index contributed by atoms with van der Waals surface area (Å²) in [7, 11) is 0. The minimum Gasteiger partial charge on any atom is -0.429 e. The molecule has 1 aliphatic heterocycles. The van der Waals surface area contributed by atoms with E-state index >= 15 is 0 Å². The van der Waals surface area contributed by atoms with Gasteiger partial charge in [-0.3, -0.25) is 39.0 Å². The molecule has 18 heteroatoms. The van der Waals surface area contributed by atoms with Gasteiger partial charge < -0.3 is 36.5 Å². The quantitative estimate of drug-likeness (QED) is 0.0330. The van der Waals surface area contributed by atoms with E-state index in [9.17, 15) is 43.7 Å². The number of amides is 7. The van der Waals surface area contributed by atoms with Gasteiger partial charge in [0.1, 0.15) is 24.4 Å². The Labute approximate surface area is 304 Å². The summed E-state index contributed by atoms with van der Waals surface area (Å²) in [6.45, 7) is 3.72. The Bertz CT molecular complexity index is 1660. The highest BCUT2D eigenvalue weighted by Crippen LogP contribution is 2.18. The molecule has 2 atom stereocenters. The summed E-state index contributed by atoms with van der Waals surface area (Å²) in [4.78, 5) is 97.3. The van der Waals surface area contributed by atoms with Crippen LogP contribution in [0.4, 0.5) is 21.0 Å². The number of hydrogen-bond donors (Lipinski definition) is 5. The van der Waals surface area contributed by atoms with Gasteiger partial charge in [0.2, 0.25) is 17.7 Å². The minimum atomic E-state index is -1.06. The Hall–Kier alpha value is -6.33. The van der Waals surface area contributed by atoms with Gasteiger partial charge in [0.15, 0.2) is 0 Å². The first-order valence-corrected chi connectivity index (χ1v) is 16.9. The van der Waals surface area contributed by atoms with E-state index in [2.05, 4.69) is 21.3 Å². The lowest BCUT2D eigenvalue weighted by Crippen LogP contribution is -2.54. The number of unbranched alkanes of at least 4 members (excludes halogenated alkanes) is 2. The summed E-state index contributed by atoms with van der Waals surface area (Å²) in [6, 6.07) is 8.42. The summed E-state index contributed by atoms with van der Waals surface area (Å²) < 4.78 is 10.1. The predicted octanol–water partition coefficient (Wildman–Crippen LogP) is 2.81. The number of urea groups is 1. The Morgan fingerprint density at radius 3 is 2.13 bits per heavy atom. The number of nitrogens with two attached hydrogens (primary N) is 1. The number of anilines is 1. The van der Waals surface area contributed by atoms with Crippen LogP contribution in [0, 0.1) is 16.0 Å². The molecule has 0 bridgehead atoms. The molecule has 53 heavy (non-hydrogen) atoms. The maximum Gasteiger partial charge on any atom is 0.514 e. The Morgan fingerprint density at radius 2 is 1.53 bits per heavy atom. The smallest absolute Gasteiger partial charge is 0.429 e. The number of nitro benzene ring substituents is 1. The topological polar surface area (TPSA) is 258 Å². The SMILES string of the molecule is CC(C)C(NC(=O)CCCCCN1C(=O)C=CC1=O)C(=O)N[C@H](CCCNC(N)=O)C(=O)Nc1ccc(COC(=O)Oc2ccc([N+](=O)[O-])cc2)cc1. The summed E-state index contributed by atoms with van der Waals surface area (Å²) in [5, 5.41) is 21.4. The number of ether oxygens (including phenoxy) is 2. The predicted molar refractivity (Wildman–Crippen MR) is 189 cm³/mol. The van der Waals surface area contributed by atoms with Gasteiger partial charge in [0.25, 0.3) is 17.5 Å². The third-order valence-electron chi connectivity index (χ3n) is 7.88. The third kappa shape index (κ3) is 14.1. The summed E-state index contributed by atoms with van der Waals surface area (Å²) in [5.41, 5.74) is 5.89. The second-order valence-electron chi connectivity index (χ2n) is 12.3. The van der Waals surface area contributed by atoms with Crippen molar-refractivity contribution in [1.29, 1.82) is 0 Å². The highest BCUT2D eigenvalue weighted by Gasteiger charge is 2.29. The van der Waals surface area contributed by atoms with E-state index in [0.717, 1.165) is 4.90 Å². The molecule has 1 heterocycles. The van der Waals surface area contributed by atoms with Crippen LogP contribution in [-0.2, 0) is 35.3 Å². The van der Waals surface area contributed by atoms with Crippen molar-refractivity contribution in [1.82, 2.24) is 20.9 Å². The number of nitrogens with zero attached hydrogens (tertiary/aromatic N) is 2. The van der Waals surface area contributed by atoms with E-state index < -0.39 is 41.0 Å². The zero-order chi connectivity index (χ0) is 38.9. The van der Waals surface area contributed by atoms with Crippen LogP contribution < -0.4 is 31.7 Å². The van der Waals surface area contributed by atoms with Crippen molar-refractivity contribution >= 4 is 53.1 Å². The standard InChI is InChI=1S/C35H43N7O11/c1-22(2)31(40-28(43)8-4-3-5-20-41-29(44)17-18-30(41)45)33(47)39-27(7-6-19-37-34(36)48)32(46)38-24-11-9-23(10-12-24)21-52-35(49)53-26-15-13-25(14-16-26)42(50)51/h9-18,22,27,31H,3-8,19-21H2,1-2H3,(H,38,46)(H,39,47)(H,40,43)(H3,36,37,48)/t27-,31?/m1/s1. The van der Waals surface area contributed by atoms with Crippen LogP contribution in [0.3, 0.4) is 0 Å². The Kier molecular flexibility index (Phi) is 15.9. The first-order valence-electron chi connectivity index (χ1n) is 16.9. The molecule has 7 amide bonds. The molecule has 0 fully saturated rings. The van der Waals surface area contributed by atoms with Crippen molar-refractivity contribution < 1.29 is 48.0 Å². The fraction of sp³-hybridized carbons (Fsp3) is 0.400. The van der Waals surface area contributed by atoms with E-state index in [1.807, 2.05) is 0 Å². The van der Waals surface area contributed by atoms with Crippen molar-refractivity contribution in [3.8, 4) is 5.75 Å². The van der Waals surface area contributed by atoms with E-state index in [1.54, 1.807) is 38.1 Å². The normalized spacial score (nSPS) is 13.2. The average molecular weight is 738 g/mol. The van der Waals surface area contributed by atoms with Gasteiger partial charge in [0, 0.05) is 49.5 Å². The van der Waals surface area contributed by atoms with Crippen molar-refractivity contribution in [2.75, 3.05) is 18.4 Å². The first-order chi connectivity index (χ1) is 25.2. The van der Waals surface area contributed by atoms with E-state index in [1.165, 1.54) is 36.4 Å². The molecule has 0 aliphatic carbocycles. The molecule has 0 radical (unpaired) electrons. The molecule has 6 N–H and O–H groups in total. The second kappa shape index (κ2) is 20.5.